The van der Waals surface area contributed by atoms with Crippen LogP contribution in [0.5, 0.6) is 0 Å². The van der Waals surface area contributed by atoms with E-state index < -0.39 is 0 Å². The normalized spacial score (nSPS) is 10.8. The van der Waals surface area contributed by atoms with Gasteiger partial charge in [-0.25, -0.2) is 14.6 Å². The molecule has 0 fully saturated rings. The summed E-state index contributed by atoms with van der Waals surface area (Å²) in [5.41, 5.74) is -0.386. The minimum atomic E-state index is -0.386. The Bertz CT molecular complexity index is 607. The van der Waals surface area contributed by atoms with Crippen LogP contribution in [0, 0.1) is 0 Å². The number of rotatable bonds is 4. The molecule has 0 amide bonds. The van der Waals surface area contributed by atoms with E-state index >= 15 is 0 Å². The number of aromatic nitrogens is 5. The molecule has 0 spiro atoms. The lowest BCUT2D eigenvalue weighted by Gasteiger charge is -2.07. The first kappa shape index (κ1) is 13.0. The van der Waals surface area contributed by atoms with Gasteiger partial charge in [0.05, 0.1) is 12.9 Å². The average molecular weight is 288 g/mol. The van der Waals surface area contributed by atoms with Crippen molar-refractivity contribution in [1.29, 1.82) is 0 Å². The Morgan fingerprint density at radius 2 is 2.11 bits per heavy atom. The van der Waals surface area contributed by atoms with Crippen molar-refractivity contribution in [3.05, 3.63) is 39.0 Å². The molecule has 0 unspecified atom stereocenters. The van der Waals surface area contributed by atoms with Crippen molar-refractivity contribution >= 4 is 23.2 Å². The lowest BCUT2D eigenvalue weighted by atomic mass is 10.4. The maximum Gasteiger partial charge on any atom is 0.274 e. The second kappa shape index (κ2) is 5.49. The molecule has 0 saturated heterocycles. The Hall–Kier alpha value is -1.40. The predicted octanol–water partition coefficient (Wildman–Crippen LogP) is 1.60. The molecule has 6 nitrogen and oxygen atoms in total. The van der Waals surface area contributed by atoms with Crippen LogP contribution in [0.1, 0.15) is 19.2 Å². The minimum Gasteiger partial charge on any atom is -0.290 e. The molecule has 0 aliphatic rings. The van der Waals surface area contributed by atoms with Gasteiger partial charge in [-0.05, 0) is 6.42 Å². The Labute approximate surface area is 113 Å². The van der Waals surface area contributed by atoms with Crippen LogP contribution in [-0.2, 0) is 13.1 Å². The molecule has 2 rings (SSSR count). The number of hydrogen-bond acceptors (Lipinski definition) is 4. The van der Waals surface area contributed by atoms with E-state index in [4.69, 9.17) is 23.2 Å². The van der Waals surface area contributed by atoms with Crippen LogP contribution >= 0.6 is 23.2 Å². The van der Waals surface area contributed by atoms with Gasteiger partial charge in [-0.2, -0.15) is 5.10 Å². The lowest BCUT2D eigenvalue weighted by Crippen LogP contribution is -2.23. The molecule has 0 aliphatic carbocycles. The summed E-state index contributed by atoms with van der Waals surface area (Å²) in [6.07, 6.45) is 3.74. The summed E-state index contributed by atoms with van der Waals surface area (Å²) in [6, 6.07) is 0. The van der Waals surface area contributed by atoms with Crippen LogP contribution in [0.4, 0.5) is 0 Å². The van der Waals surface area contributed by atoms with E-state index in [-0.39, 0.29) is 22.3 Å². The van der Waals surface area contributed by atoms with E-state index in [1.54, 1.807) is 4.68 Å². The molecule has 0 atom stereocenters. The molecular weight excluding hydrogens is 277 g/mol. The topological polar surface area (TPSA) is 65.6 Å². The summed E-state index contributed by atoms with van der Waals surface area (Å²) in [7, 11) is 0. The van der Waals surface area contributed by atoms with Gasteiger partial charge in [0.25, 0.3) is 5.56 Å². The van der Waals surface area contributed by atoms with Gasteiger partial charge in [-0.15, -0.1) is 0 Å². The summed E-state index contributed by atoms with van der Waals surface area (Å²) in [5.74, 6) is 0.680. The first-order valence-corrected chi connectivity index (χ1v) is 6.16. The number of hydrogen-bond donors (Lipinski definition) is 0. The van der Waals surface area contributed by atoms with Crippen LogP contribution in [0.2, 0.25) is 10.2 Å². The molecule has 0 radical (unpaired) electrons. The van der Waals surface area contributed by atoms with Crippen LogP contribution < -0.4 is 5.56 Å². The summed E-state index contributed by atoms with van der Waals surface area (Å²) < 4.78 is 3.10. The molecule has 0 aromatic carbocycles. The van der Waals surface area contributed by atoms with E-state index in [9.17, 15) is 4.79 Å². The third-order valence-corrected chi connectivity index (χ3v) is 3.11. The molecule has 0 aliphatic heterocycles. The Morgan fingerprint density at radius 3 is 2.83 bits per heavy atom. The van der Waals surface area contributed by atoms with Gasteiger partial charge >= 0.3 is 0 Å². The van der Waals surface area contributed by atoms with E-state index in [1.807, 2.05) is 6.92 Å². The number of halogens is 2. The summed E-state index contributed by atoms with van der Waals surface area (Å²) in [6.45, 7) is 3.06. The van der Waals surface area contributed by atoms with Crippen molar-refractivity contribution in [1.82, 2.24) is 24.3 Å². The zero-order chi connectivity index (χ0) is 13.1. The molecule has 8 heteroatoms. The Balaban J connectivity index is 2.32. The fourth-order valence-electron chi connectivity index (χ4n) is 1.52. The largest absolute Gasteiger partial charge is 0.290 e. The summed E-state index contributed by atoms with van der Waals surface area (Å²) in [4.78, 5) is 19.8. The Morgan fingerprint density at radius 1 is 1.33 bits per heavy atom. The molecule has 2 aromatic heterocycles. The van der Waals surface area contributed by atoms with Crippen molar-refractivity contribution in [2.75, 3.05) is 0 Å². The second-order valence-electron chi connectivity index (χ2n) is 3.68. The highest BCUT2D eigenvalue weighted by Gasteiger charge is 2.10. The lowest BCUT2D eigenvalue weighted by molar-refractivity contribution is 0.548. The molecule has 18 heavy (non-hydrogen) atoms. The first-order valence-electron chi connectivity index (χ1n) is 5.40. The maximum absolute atomic E-state index is 11.8. The molecule has 0 saturated carbocycles. The SMILES string of the molecule is CCCn1ncnc1Cn1cnc(Cl)c(Cl)c1=O. The van der Waals surface area contributed by atoms with E-state index in [2.05, 4.69) is 15.1 Å². The van der Waals surface area contributed by atoms with E-state index in [1.165, 1.54) is 17.2 Å². The van der Waals surface area contributed by atoms with E-state index in [0.29, 0.717) is 5.82 Å². The molecule has 0 bridgehead atoms. The number of nitrogens with zero attached hydrogens (tertiary/aromatic N) is 5. The highest BCUT2D eigenvalue weighted by Crippen LogP contribution is 2.12. The van der Waals surface area contributed by atoms with Gasteiger partial charge in [-0.1, -0.05) is 30.1 Å². The highest BCUT2D eigenvalue weighted by atomic mass is 35.5. The van der Waals surface area contributed by atoms with Crippen molar-refractivity contribution in [2.24, 2.45) is 0 Å². The Kier molecular flexibility index (Phi) is 3.98. The van der Waals surface area contributed by atoms with Crippen molar-refractivity contribution < 1.29 is 0 Å². The van der Waals surface area contributed by atoms with Crippen molar-refractivity contribution in [3.63, 3.8) is 0 Å². The predicted molar refractivity (Wildman–Crippen MR) is 67.9 cm³/mol. The molecule has 96 valence electrons. The van der Waals surface area contributed by atoms with Crippen LogP contribution in [0.3, 0.4) is 0 Å². The monoisotopic (exact) mass is 287 g/mol. The van der Waals surface area contributed by atoms with Crippen LogP contribution in [-0.4, -0.2) is 24.3 Å². The molecule has 0 N–H and O–H groups in total. The van der Waals surface area contributed by atoms with Gasteiger partial charge in [-0.3, -0.25) is 9.36 Å². The fraction of sp³-hybridized carbons (Fsp3) is 0.400. The van der Waals surface area contributed by atoms with Gasteiger partial charge in [0.15, 0.2) is 5.15 Å². The van der Waals surface area contributed by atoms with Gasteiger partial charge in [0.1, 0.15) is 17.2 Å². The van der Waals surface area contributed by atoms with Crippen LogP contribution in [0.25, 0.3) is 0 Å². The zero-order valence-corrected chi connectivity index (χ0v) is 11.2. The standard InChI is InChI=1S/C10H11Cl2N5O/c1-2-3-17-7(13-5-15-17)4-16-6-14-9(12)8(11)10(16)18/h5-6H,2-4H2,1H3. The van der Waals surface area contributed by atoms with Gasteiger partial charge < -0.3 is 0 Å². The van der Waals surface area contributed by atoms with Crippen molar-refractivity contribution in [3.8, 4) is 0 Å². The molecule has 2 aromatic rings. The summed E-state index contributed by atoms with van der Waals surface area (Å²) >= 11 is 11.4. The second-order valence-corrected chi connectivity index (χ2v) is 4.42. The third-order valence-electron chi connectivity index (χ3n) is 2.38. The average Bonchev–Trinajstić information content (AvgIpc) is 2.78. The molecular formula is C10H11Cl2N5O. The quantitative estimate of drug-likeness (QED) is 0.801. The summed E-state index contributed by atoms with van der Waals surface area (Å²) in [5, 5.41) is 4.01. The minimum absolute atomic E-state index is 0.00735. The van der Waals surface area contributed by atoms with E-state index in [0.717, 1.165) is 13.0 Å². The van der Waals surface area contributed by atoms with Gasteiger partial charge in [0, 0.05) is 6.54 Å². The van der Waals surface area contributed by atoms with Crippen molar-refractivity contribution in [2.45, 2.75) is 26.4 Å². The third kappa shape index (κ3) is 2.54. The van der Waals surface area contributed by atoms with Crippen LogP contribution in [0.15, 0.2) is 17.4 Å². The first-order chi connectivity index (χ1) is 8.63. The molecule has 2 heterocycles. The number of aryl methyl sites for hydroxylation is 1. The fourth-order valence-corrected chi connectivity index (χ4v) is 1.80. The zero-order valence-electron chi connectivity index (χ0n) is 9.68. The smallest absolute Gasteiger partial charge is 0.274 e. The highest BCUT2D eigenvalue weighted by molar-refractivity contribution is 6.40. The van der Waals surface area contributed by atoms with Gasteiger partial charge in [0.2, 0.25) is 0 Å². The maximum atomic E-state index is 11.8.